The molecular formula is C17H24FN3. The first-order chi connectivity index (χ1) is 9.51. The molecule has 2 rings (SSSR count). The summed E-state index contributed by atoms with van der Waals surface area (Å²) in [5.74, 6) is 1.30. The Balaban J connectivity index is 2.70. The number of nitrogens with zero attached hydrogens (tertiary/aromatic N) is 2. The second kappa shape index (κ2) is 4.86. The van der Waals surface area contributed by atoms with Gasteiger partial charge in [-0.2, -0.15) is 0 Å². The van der Waals surface area contributed by atoms with Gasteiger partial charge in [0.25, 0.3) is 0 Å². The minimum absolute atomic E-state index is 0.125. The summed E-state index contributed by atoms with van der Waals surface area (Å²) in [6.45, 7) is 12.7. The van der Waals surface area contributed by atoms with Crippen LogP contribution in [0.1, 0.15) is 47.4 Å². The van der Waals surface area contributed by atoms with Gasteiger partial charge in [0.15, 0.2) is 0 Å². The number of anilines is 1. The molecule has 0 saturated carbocycles. The van der Waals surface area contributed by atoms with Crippen molar-refractivity contribution in [2.45, 2.75) is 52.5 Å². The van der Waals surface area contributed by atoms with Crippen molar-refractivity contribution in [3.63, 3.8) is 0 Å². The molecule has 0 spiro atoms. The van der Waals surface area contributed by atoms with Crippen LogP contribution in [0.4, 0.5) is 10.2 Å². The minimum Gasteiger partial charge on any atom is -0.383 e. The Morgan fingerprint density at radius 1 is 1.00 bits per heavy atom. The van der Waals surface area contributed by atoms with Crippen LogP contribution in [0.3, 0.4) is 0 Å². The molecule has 2 aromatic rings. The number of halogens is 1. The molecule has 0 fully saturated rings. The Morgan fingerprint density at radius 3 is 1.90 bits per heavy atom. The van der Waals surface area contributed by atoms with Crippen LogP contribution in [0.25, 0.3) is 11.3 Å². The van der Waals surface area contributed by atoms with Gasteiger partial charge in [-0.25, -0.2) is 9.37 Å². The molecule has 0 radical (unpaired) electrons. The van der Waals surface area contributed by atoms with E-state index in [2.05, 4.69) is 46.1 Å². The molecule has 3 nitrogen and oxygen atoms in total. The van der Waals surface area contributed by atoms with Gasteiger partial charge < -0.3 is 10.3 Å². The van der Waals surface area contributed by atoms with Crippen LogP contribution in [-0.2, 0) is 11.0 Å². The number of benzene rings is 1. The van der Waals surface area contributed by atoms with Crippen LogP contribution in [0.15, 0.2) is 24.3 Å². The van der Waals surface area contributed by atoms with E-state index in [-0.39, 0.29) is 16.8 Å². The third-order valence-electron chi connectivity index (χ3n) is 3.37. The highest BCUT2D eigenvalue weighted by atomic mass is 19.1. The van der Waals surface area contributed by atoms with E-state index >= 15 is 0 Å². The summed E-state index contributed by atoms with van der Waals surface area (Å²) in [5.41, 5.74) is 7.62. The van der Waals surface area contributed by atoms with Crippen LogP contribution in [0.5, 0.6) is 0 Å². The third-order valence-corrected chi connectivity index (χ3v) is 3.37. The average molecular weight is 289 g/mol. The Labute approximate surface area is 126 Å². The second-order valence-electron chi connectivity index (χ2n) is 7.43. The summed E-state index contributed by atoms with van der Waals surface area (Å²) in [6.07, 6.45) is 0. The van der Waals surface area contributed by atoms with Crippen molar-refractivity contribution in [1.29, 1.82) is 0 Å². The Kier molecular flexibility index (Phi) is 3.60. The van der Waals surface area contributed by atoms with Crippen molar-refractivity contribution in [2.75, 3.05) is 5.73 Å². The maximum atomic E-state index is 13.1. The predicted molar refractivity (Wildman–Crippen MR) is 85.7 cm³/mol. The van der Waals surface area contributed by atoms with Gasteiger partial charge in [-0.15, -0.1) is 0 Å². The fraction of sp³-hybridized carbons (Fsp3) is 0.471. The lowest BCUT2D eigenvalue weighted by molar-refractivity contribution is 0.359. The van der Waals surface area contributed by atoms with Crippen molar-refractivity contribution in [3.8, 4) is 11.3 Å². The average Bonchev–Trinajstić information content (AvgIpc) is 2.67. The van der Waals surface area contributed by atoms with Crippen molar-refractivity contribution < 1.29 is 4.39 Å². The molecule has 0 aliphatic heterocycles. The molecular weight excluding hydrogens is 265 g/mol. The lowest BCUT2D eigenvalue weighted by Gasteiger charge is -2.29. The molecule has 0 saturated heterocycles. The molecule has 1 aromatic heterocycles. The van der Waals surface area contributed by atoms with Crippen molar-refractivity contribution >= 4 is 5.82 Å². The molecule has 0 amide bonds. The minimum atomic E-state index is -0.261. The van der Waals surface area contributed by atoms with Gasteiger partial charge in [0, 0.05) is 16.5 Å². The van der Waals surface area contributed by atoms with E-state index < -0.39 is 0 Å². The topological polar surface area (TPSA) is 43.8 Å². The standard InChI is InChI=1S/C17H24FN3/c1-16(2,3)15-20-13(11-7-9-12(18)10-8-11)14(19)21(15)17(4,5)6/h7-10H,19H2,1-6H3. The summed E-state index contributed by atoms with van der Waals surface area (Å²) in [4.78, 5) is 4.76. The summed E-state index contributed by atoms with van der Waals surface area (Å²) in [5, 5.41) is 0. The SMILES string of the molecule is CC(C)(C)c1nc(-c2ccc(F)cc2)c(N)n1C(C)(C)C. The number of hydrogen-bond acceptors (Lipinski definition) is 2. The molecule has 21 heavy (non-hydrogen) atoms. The van der Waals surface area contributed by atoms with Gasteiger partial charge in [-0.3, -0.25) is 0 Å². The number of aromatic nitrogens is 2. The van der Waals surface area contributed by atoms with E-state index in [1.54, 1.807) is 12.1 Å². The normalized spacial score (nSPS) is 12.7. The Bertz CT molecular complexity index is 640. The number of imidazole rings is 1. The molecule has 1 aromatic carbocycles. The number of nitrogens with two attached hydrogens (primary N) is 1. The van der Waals surface area contributed by atoms with Crippen LogP contribution in [-0.4, -0.2) is 9.55 Å². The first kappa shape index (κ1) is 15.5. The summed E-state index contributed by atoms with van der Waals surface area (Å²) in [7, 11) is 0. The summed E-state index contributed by atoms with van der Waals surface area (Å²) in [6, 6.07) is 6.30. The van der Waals surface area contributed by atoms with Crippen LogP contribution >= 0.6 is 0 Å². The van der Waals surface area contributed by atoms with Crippen LogP contribution in [0.2, 0.25) is 0 Å². The quantitative estimate of drug-likeness (QED) is 0.849. The molecule has 4 heteroatoms. The summed E-state index contributed by atoms with van der Waals surface area (Å²) >= 11 is 0. The van der Waals surface area contributed by atoms with Gasteiger partial charge in [0.05, 0.1) is 0 Å². The van der Waals surface area contributed by atoms with Crippen LogP contribution in [0, 0.1) is 5.82 Å². The maximum Gasteiger partial charge on any atom is 0.132 e. The summed E-state index contributed by atoms with van der Waals surface area (Å²) < 4.78 is 15.2. The molecule has 0 bridgehead atoms. The Morgan fingerprint density at radius 2 is 1.52 bits per heavy atom. The maximum absolute atomic E-state index is 13.1. The van der Waals surface area contributed by atoms with Gasteiger partial charge >= 0.3 is 0 Å². The highest BCUT2D eigenvalue weighted by molar-refractivity contribution is 5.71. The molecule has 1 heterocycles. The van der Waals surface area contributed by atoms with E-state index in [1.807, 2.05) is 0 Å². The van der Waals surface area contributed by atoms with Gasteiger partial charge in [0.2, 0.25) is 0 Å². The number of nitrogen functional groups attached to an aromatic ring is 1. The van der Waals surface area contributed by atoms with Gasteiger partial charge in [-0.1, -0.05) is 20.8 Å². The lowest BCUT2D eigenvalue weighted by Crippen LogP contribution is -2.30. The fourth-order valence-corrected chi connectivity index (χ4v) is 2.44. The predicted octanol–water partition coefficient (Wildman–Crippen LogP) is 4.32. The number of rotatable bonds is 1. The van der Waals surface area contributed by atoms with E-state index in [1.165, 1.54) is 12.1 Å². The second-order valence-corrected chi connectivity index (χ2v) is 7.43. The molecule has 0 aliphatic rings. The zero-order chi connectivity index (χ0) is 16.0. The van der Waals surface area contributed by atoms with Crippen molar-refractivity contribution in [3.05, 3.63) is 35.9 Å². The highest BCUT2D eigenvalue weighted by Crippen LogP contribution is 2.36. The molecule has 0 atom stereocenters. The lowest BCUT2D eigenvalue weighted by atomic mass is 9.94. The fourth-order valence-electron chi connectivity index (χ4n) is 2.44. The van der Waals surface area contributed by atoms with Gasteiger partial charge in [0.1, 0.15) is 23.2 Å². The van der Waals surface area contributed by atoms with Gasteiger partial charge in [-0.05, 0) is 45.0 Å². The first-order valence-electron chi connectivity index (χ1n) is 7.17. The van der Waals surface area contributed by atoms with Crippen LogP contribution < -0.4 is 5.73 Å². The monoisotopic (exact) mass is 289 g/mol. The smallest absolute Gasteiger partial charge is 0.132 e. The molecule has 0 unspecified atom stereocenters. The van der Waals surface area contributed by atoms with E-state index in [0.717, 1.165) is 17.1 Å². The van der Waals surface area contributed by atoms with Crippen molar-refractivity contribution in [1.82, 2.24) is 9.55 Å². The zero-order valence-electron chi connectivity index (χ0n) is 13.7. The van der Waals surface area contributed by atoms with E-state index in [0.29, 0.717) is 5.82 Å². The molecule has 2 N–H and O–H groups in total. The highest BCUT2D eigenvalue weighted by Gasteiger charge is 2.30. The van der Waals surface area contributed by atoms with E-state index in [4.69, 9.17) is 10.7 Å². The Hall–Kier alpha value is -1.84. The largest absolute Gasteiger partial charge is 0.383 e. The first-order valence-corrected chi connectivity index (χ1v) is 7.17. The third kappa shape index (κ3) is 2.94. The zero-order valence-corrected chi connectivity index (χ0v) is 13.7. The molecule has 114 valence electrons. The van der Waals surface area contributed by atoms with E-state index in [9.17, 15) is 4.39 Å². The van der Waals surface area contributed by atoms with Crippen molar-refractivity contribution in [2.24, 2.45) is 0 Å². The molecule has 0 aliphatic carbocycles. The number of hydrogen-bond donors (Lipinski definition) is 1.